The molecule has 4 heteroatoms. The lowest BCUT2D eigenvalue weighted by Crippen LogP contribution is -2.00. The summed E-state index contributed by atoms with van der Waals surface area (Å²) in [5.41, 5.74) is 1.62. The van der Waals surface area contributed by atoms with E-state index >= 15 is 0 Å². The number of aryl methyl sites for hydroxylation is 1. The van der Waals surface area contributed by atoms with Gasteiger partial charge in [-0.25, -0.2) is 4.79 Å². The second-order valence-corrected chi connectivity index (χ2v) is 3.85. The highest BCUT2D eigenvalue weighted by Gasteiger charge is 2.16. The van der Waals surface area contributed by atoms with Crippen LogP contribution >= 0.6 is 0 Å². The first-order valence-corrected chi connectivity index (χ1v) is 5.58. The molecule has 0 spiro atoms. The van der Waals surface area contributed by atoms with Crippen LogP contribution in [0, 0.1) is 0 Å². The second-order valence-electron chi connectivity index (χ2n) is 3.85. The number of aromatic carboxylic acids is 1. The van der Waals surface area contributed by atoms with Gasteiger partial charge in [0.25, 0.3) is 0 Å². The first kappa shape index (κ1) is 12.1. The van der Waals surface area contributed by atoms with Gasteiger partial charge in [0.15, 0.2) is 5.76 Å². The van der Waals surface area contributed by atoms with E-state index in [0.717, 1.165) is 12.0 Å². The number of hydrogen-bond donors (Lipinski definition) is 1. The lowest BCUT2D eigenvalue weighted by Gasteiger charge is -1.99. The SMILES string of the molecule is CCc1ccc(C(=O)c2ccc(C(=O)O)o2)cc1. The third kappa shape index (κ3) is 2.32. The van der Waals surface area contributed by atoms with E-state index in [1.807, 2.05) is 19.1 Å². The average Bonchev–Trinajstić information content (AvgIpc) is 2.88. The minimum absolute atomic E-state index is 0.0386. The number of carboxylic acid groups (broad SMARTS) is 1. The number of carbonyl (C=O) groups excluding carboxylic acids is 1. The largest absolute Gasteiger partial charge is 0.475 e. The summed E-state index contributed by atoms with van der Waals surface area (Å²) in [6.07, 6.45) is 0.901. The van der Waals surface area contributed by atoms with Gasteiger partial charge in [-0.1, -0.05) is 31.2 Å². The Labute approximate surface area is 104 Å². The van der Waals surface area contributed by atoms with E-state index in [4.69, 9.17) is 9.52 Å². The van der Waals surface area contributed by atoms with Gasteiger partial charge in [-0.05, 0) is 24.1 Å². The number of carbonyl (C=O) groups is 2. The summed E-state index contributed by atoms with van der Waals surface area (Å²) in [5.74, 6) is -1.69. The molecule has 0 atom stereocenters. The Morgan fingerprint density at radius 2 is 1.67 bits per heavy atom. The zero-order valence-corrected chi connectivity index (χ0v) is 9.84. The van der Waals surface area contributed by atoms with Gasteiger partial charge in [-0.3, -0.25) is 4.79 Å². The molecule has 1 aromatic carbocycles. The quantitative estimate of drug-likeness (QED) is 0.840. The van der Waals surface area contributed by atoms with E-state index in [1.54, 1.807) is 12.1 Å². The summed E-state index contributed by atoms with van der Waals surface area (Å²) in [7, 11) is 0. The number of hydrogen-bond acceptors (Lipinski definition) is 3. The van der Waals surface area contributed by atoms with Gasteiger partial charge in [0.2, 0.25) is 11.5 Å². The van der Waals surface area contributed by atoms with Gasteiger partial charge in [-0.2, -0.15) is 0 Å². The number of benzene rings is 1. The van der Waals surface area contributed by atoms with E-state index < -0.39 is 5.97 Å². The predicted molar refractivity (Wildman–Crippen MR) is 64.9 cm³/mol. The monoisotopic (exact) mass is 244 g/mol. The molecule has 0 saturated heterocycles. The smallest absolute Gasteiger partial charge is 0.371 e. The second kappa shape index (κ2) is 4.87. The number of furan rings is 1. The molecule has 92 valence electrons. The van der Waals surface area contributed by atoms with Crippen LogP contribution in [-0.2, 0) is 6.42 Å². The van der Waals surface area contributed by atoms with Crippen LogP contribution in [0.2, 0.25) is 0 Å². The molecule has 2 aromatic rings. The van der Waals surface area contributed by atoms with Gasteiger partial charge in [0.1, 0.15) is 0 Å². The van der Waals surface area contributed by atoms with Gasteiger partial charge in [-0.15, -0.1) is 0 Å². The molecule has 18 heavy (non-hydrogen) atoms. The molecule has 0 unspecified atom stereocenters. The minimum atomic E-state index is -1.18. The minimum Gasteiger partial charge on any atom is -0.475 e. The van der Waals surface area contributed by atoms with Gasteiger partial charge in [0.05, 0.1) is 0 Å². The molecule has 1 N–H and O–H groups in total. The van der Waals surface area contributed by atoms with E-state index in [2.05, 4.69) is 0 Å². The Morgan fingerprint density at radius 3 is 2.17 bits per heavy atom. The number of ketones is 1. The van der Waals surface area contributed by atoms with Crippen molar-refractivity contribution in [1.29, 1.82) is 0 Å². The van der Waals surface area contributed by atoms with Crippen molar-refractivity contribution in [1.82, 2.24) is 0 Å². The summed E-state index contributed by atoms with van der Waals surface area (Å²) in [6, 6.07) is 9.81. The Kier molecular flexibility index (Phi) is 3.28. The van der Waals surface area contributed by atoms with Crippen molar-refractivity contribution >= 4 is 11.8 Å². The zero-order chi connectivity index (χ0) is 13.1. The molecular weight excluding hydrogens is 232 g/mol. The van der Waals surface area contributed by atoms with Crippen molar-refractivity contribution in [3.05, 3.63) is 59.0 Å². The van der Waals surface area contributed by atoms with Crippen LogP contribution in [0.15, 0.2) is 40.8 Å². The van der Waals surface area contributed by atoms with E-state index in [9.17, 15) is 9.59 Å². The third-order valence-electron chi connectivity index (χ3n) is 2.66. The average molecular weight is 244 g/mol. The van der Waals surface area contributed by atoms with Crippen molar-refractivity contribution in [3.63, 3.8) is 0 Å². The first-order chi connectivity index (χ1) is 8.61. The molecule has 2 rings (SSSR count). The third-order valence-corrected chi connectivity index (χ3v) is 2.66. The molecule has 0 fully saturated rings. The molecule has 1 aromatic heterocycles. The molecule has 1 heterocycles. The Morgan fingerprint density at radius 1 is 1.06 bits per heavy atom. The van der Waals surface area contributed by atoms with Gasteiger partial charge < -0.3 is 9.52 Å². The standard InChI is InChI=1S/C14H12O4/c1-2-9-3-5-10(6-4-9)13(15)11-7-8-12(18-11)14(16)17/h3-8H,2H2,1H3,(H,16,17). The van der Waals surface area contributed by atoms with Crippen LogP contribution in [0.1, 0.15) is 39.2 Å². The highest BCUT2D eigenvalue weighted by molar-refractivity contribution is 6.07. The zero-order valence-electron chi connectivity index (χ0n) is 9.84. The molecule has 0 aliphatic rings. The van der Waals surface area contributed by atoms with Crippen molar-refractivity contribution in [2.45, 2.75) is 13.3 Å². The fourth-order valence-corrected chi connectivity index (χ4v) is 1.61. The summed E-state index contributed by atoms with van der Waals surface area (Å²) >= 11 is 0. The van der Waals surface area contributed by atoms with Gasteiger partial charge in [0, 0.05) is 5.56 Å². The van der Waals surface area contributed by atoms with Crippen LogP contribution in [0.4, 0.5) is 0 Å². The van der Waals surface area contributed by atoms with E-state index in [0.29, 0.717) is 5.56 Å². The van der Waals surface area contributed by atoms with Crippen LogP contribution in [0.25, 0.3) is 0 Å². The summed E-state index contributed by atoms with van der Waals surface area (Å²) < 4.78 is 4.97. The molecule has 0 aliphatic heterocycles. The summed E-state index contributed by atoms with van der Waals surface area (Å²) in [5, 5.41) is 8.71. The highest BCUT2D eigenvalue weighted by atomic mass is 16.4. The fourth-order valence-electron chi connectivity index (χ4n) is 1.61. The first-order valence-electron chi connectivity index (χ1n) is 5.58. The van der Waals surface area contributed by atoms with Crippen molar-refractivity contribution < 1.29 is 19.1 Å². The van der Waals surface area contributed by atoms with Crippen LogP contribution in [0.5, 0.6) is 0 Å². The Bertz CT molecular complexity index is 578. The molecule has 0 radical (unpaired) electrons. The molecule has 4 nitrogen and oxygen atoms in total. The van der Waals surface area contributed by atoms with Crippen molar-refractivity contribution in [2.75, 3.05) is 0 Å². The maximum absolute atomic E-state index is 12.0. The van der Waals surface area contributed by atoms with Crippen molar-refractivity contribution in [2.24, 2.45) is 0 Å². The summed E-state index contributed by atoms with van der Waals surface area (Å²) in [6.45, 7) is 2.03. The van der Waals surface area contributed by atoms with Crippen LogP contribution < -0.4 is 0 Å². The van der Waals surface area contributed by atoms with Crippen LogP contribution in [-0.4, -0.2) is 16.9 Å². The van der Waals surface area contributed by atoms with E-state index in [-0.39, 0.29) is 17.3 Å². The molecule has 0 amide bonds. The summed E-state index contributed by atoms with van der Waals surface area (Å²) in [4.78, 5) is 22.6. The maximum Gasteiger partial charge on any atom is 0.371 e. The normalized spacial score (nSPS) is 10.3. The Hall–Kier alpha value is -2.36. The lowest BCUT2D eigenvalue weighted by molar-refractivity contribution is 0.0660. The maximum atomic E-state index is 12.0. The number of rotatable bonds is 4. The molecule has 0 aliphatic carbocycles. The van der Waals surface area contributed by atoms with E-state index in [1.165, 1.54) is 12.1 Å². The number of carboxylic acids is 1. The predicted octanol–water partition coefficient (Wildman–Crippen LogP) is 2.77. The van der Waals surface area contributed by atoms with Crippen molar-refractivity contribution in [3.8, 4) is 0 Å². The topological polar surface area (TPSA) is 67.5 Å². The molecular formula is C14H12O4. The molecule has 0 saturated carbocycles. The fraction of sp³-hybridized carbons (Fsp3) is 0.143. The van der Waals surface area contributed by atoms with Gasteiger partial charge >= 0.3 is 5.97 Å². The van der Waals surface area contributed by atoms with Crippen LogP contribution in [0.3, 0.4) is 0 Å². The lowest BCUT2D eigenvalue weighted by atomic mass is 10.1. The Balaban J connectivity index is 2.26. The highest BCUT2D eigenvalue weighted by Crippen LogP contribution is 2.14. The molecule has 0 bridgehead atoms.